The van der Waals surface area contributed by atoms with Crippen LogP contribution in [0, 0.1) is 29.6 Å². The van der Waals surface area contributed by atoms with Gasteiger partial charge in [-0.15, -0.1) is 11.3 Å². The van der Waals surface area contributed by atoms with Crippen molar-refractivity contribution in [2.24, 2.45) is 29.6 Å². The van der Waals surface area contributed by atoms with Crippen molar-refractivity contribution in [3.63, 3.8) is 0 Å². The van der Waals surface area contributed by atoms with Crippen LogP contribution in [0.5, 0.6) is 0 Å². The van der Waals surface area contributed by atoms with E-state index in [0.717, 1.165) is 41.1 Å². The average molecular weight is 262 g/mol. The summed E-state index contributed by atoms with van der Waals surface area (Å²) in [6.45, 7) is 0. The van der Waals surface area contributed by atoms with Gasteiger partial charge in [0.25, 0.3) is 0 Å². The molecule has 4 fully saturated rings. The number of thiazole rings is 1. The highest BCUT2D eigenvalue weighted by molar-refractivity contribution is 7.13. The number of anilines is 1. The van der Waals surface area contributed by atoms with Crippen LogP contribution >= 0.6 is 11.3 Å². The van der Waals surface area contributed by atoms with Crippen molar-refractivity contribution in [3.8, 4) is 0 Å². The van der Waals surface area contributed by atoms with Gasteiger partial charge in [0.2, 0.25) is 0 Å². The van der Waals surface area contributed by atoms with E-state index >= 15 is 0 Å². The van der Waals surface area contributed by atoms with E-state index < -0.39 is 0 Å². The summed E-state index contributed by atoms with van der Waals surface area (Å²) in [5, 5.41) is 2.88. The van der Waals surface area contributed by atoms with Gasteiger partial charge >= 0.3 is 0 Å². The van der Waals surface area contributed by atoms with Crippen molar-refractivity contribution in [2.45, 2.75) is 44.9 Å². The fourth-order valence-corrected chi connectivity index (χ4v) is 5.86. The Morgan fingerprint density at radius 3 is 2.33 bits per heavy atom. The first kappa shape index (κ1) is 11.3. The van der Waals surface area contributed by atoms with E-state index in [1.54, 1.807) is 17.8 Å². The fourth-order valence-electron chi connectivity index (χ4n) is 5.26. The lowest BCUT2D eigenvalue weighted by molar-refractivity contribution is -0.0394. The van der Waals surface area contributed by atoms with Crippen LogP contribution in [0.4, 0.5) is 5.13 Å². The summed E-state index contributed by atoms with van der Waals surface area (Å²) in [5.41, 5.74) is 6.94. The molecule has 1 aromatic rings. The first-order chi connectivity index (χ1) is 8.78. The lowest BCUT2D eigenvalue weighted by atomic mass is 9.51. The molecule has 0 radical (unpaired) electrons. The third-order valence-electron chi connectivity index (χ3n) is 5.73. The predicted molar refractivity (Wildman–Crippen MR) is 75.4 cm³/mol. The number of nitrogen functional groups attached to an aromatic ring is 1. The highest BCUT2D eigenvalue weighted by atomic mass is 32.1. The summed E-state index contributed by atoms with van der Waals surface area (Å²) >= 11 is 1.59. The van der Waals surface area contributed by atoms with Crippen molar-refractivity contribution >= 4 is 16.5 Å². The third kappa shape index (κ3) is 1.87. The normalized spacial score (nSPS) is 41.4. The summed E-state index contributed by atoms with van der Waals surface area (Å²) < 4.78 is 0. The number of aromatic nitrogens is 1. The second-order valence-corrected chi connectivity index (χ2v) is 7.70. The molecule has 0 spiro atoms. The van der Waals surface area contributed by atoms with E-state index in [4.69, 9.17) is 5.73 Å². The Bertz CT molecular complexity index is 411. The average Bonchev–Trinajstić information content (AvgIpc) is 2.73. The number of rotatable bonds is 3. The second-order valence-electron chi connectivity index (χ2n) is 6.81. The van der Waals surface area contributed by atoms with Gasteiger partial charge in [0.1, 0.15) is 0 Å². The number of nitrogens with two attached hydrogens (primary N) is 1. The quantitative estimate of drug-likeness (QED) is 0.901. The molecule has 0 aliphatic heterocycles. The molecule has 98 valence electrons. The summed E-state index contributed by atoms with van der Waals surface area (Å²) in [6.07, 6.45) is 10.2. The Balaban J connectivity index is 1.43. The van der Waals surface area contributed by atoms with Crippen LogP contribution in [0.25, 0.3) is 0 Å². The van der Waals surface area contributed by atoms with Crippen LogP contribution in [0.3, 0.4) is 0 Å². The topological polar surface area (TPSA) is 38.9 Å². The van der Waals surface area contributed by atoms with Crippen molar-refractivity contribution in [1.82, 2.24) is 4.98 Å². The van der Waals surface area contributed by atoms with Gasteiger partial charge in [-0.25, -0.2) is 4.98 Å². The number of aryl methyl sites for hydroxylation is 1. The molecule has 4 saturated carbocycles. The minimum atomic E-state index is 0.732. The molecule has 2 nitrogen and oxygen atoms in total. The highest BCUT2D eigenvalue weighted by Crippen LogP contribution is 2.57. The Labute approximate surface area is 113 Å². The van der Waals surface area contributed by atoms with Gasteiger partial charge in [-0.2, -0.15) is 0 Å². The molecule has 4 aliphatic carbocycles. The molecule has 1 aromatic heterocycles. The monoisotopic (exact) mass is 262 g/mol. The van der Waals surface area contributed by atoms with Gasteiger partial charge in [-0.1, -0.05) is 0 Å². The van der Waals surface area contributed by atoms with Crippen molar-refractivity contribution in [3.05, 3.63) is 11.1 Å². The van der Waals surface area contributed by atoms with E-state index in [2.05, 4.69) is 10.4 Å². The molecule has 0 saturated heterocycles. The van der Waals surface area contributed by atoms with E-state index in [1.807, 2.05) is 0 Å². The summed E-state index contributed by atoms with van der Waals surface area (Å²) in [4.78, 5) is 4.41. The van der Waals surface area contributed by atoms with Crippen molar-refractivity contribution < 1.29 is 0 Å². The van der Waals surface area contributed by atoms with Crippen LogP contribution in [-0.4, -0.2) is 4.98 Å². The molecule has 1 heterocycles. The SMILES string of the molecule is Nc1nc(CCC2C3CC4CC(C3)CC2C4)cs1. The number of hydrogen-bond donors (Lipinski definition) is 1. The summed E-state index contributed by atoms with van der Waals surface area (Å²) in [5.74, 6) is 5.30. The molecule has 2 N–H and O–H groups in total. The van der Waals surface area contributed by atoms with Crippen molar-refractivity contribution in [1.29, 1.82) is 0 Å². The second kappa shape index (κ2) is 4.22. The van der Waals surface area contributed by atoms with Crippen LogP contribution < -0.4 is 5.73 Å². The molecule has 0 aromatic carbocycles. The van der Waals surface area contributed by atoms with E-state index in [1.165, 1.54) is 37.8 Å². The molecule has 0 amide bonds. The molecule has 4 bridgehead atoms. The Hall–Kier alpha value is -0.570. The number of nitrogens with zero attached hydrogens (tertiary/aromatic N) is 1. The molecule has 5 rings (SSSR count). The van der Waals surface area contributed by atoms with Gasteiger partial charge in [0.15, 0.2) is 5.13 Å². The molecular weight excluding hydrogens is 240 g/mol. The fraction of sp³-hybridized carbons (Fsp3) is 0.800. The Morgan fingerprint density at radius 2 is 1.78 bits per heavy atom. The minimum absolute atomic E-state index is 0.732. The summed E-state index contributed by atoms with van der Waals surface area (Å²) in [7, 11) is 0. The highest BCUT2D eigenvalue weighted by Gasteiger charge is 2.47. The van der Waals surface area contributed by atoms with Gasteiger partial charge in [-0.05, 0) is 74.5 Å². The van der Waals surface area contributed by atoms with Gasteiger partial charge in [0.05, 0.1) is 5.69 Å². The third-order valence-corrected chi connectivity index (χ3v) is 6.45. The first-order valence-corrected chi connectivity index (χ1v) is 8.35. The van der Waals surface area contributed by atoms with Crippen molar-refractivity contribution in [2.75, 3.05) is 5.73 Å². The van der Waals surface area contributed by atoms with Gasteiger partial charge in [-0.3, -0.25) is 0 Å². The maximum atomic E-state index is 5.71. The smallest absolute Gasteiger partial charge is 0.180 e. The van der Waals surface area contributed by atoms with Crippen LogP contribution in [0.1, 0.15) is 44.2 Å². The van der Waals surface area contributed by atoms with E-state index in [9.17, 15) is 0 Å². The Kier molecular flexibility index (Phi) is 2.65. The van der Waals surface area contributed by atoms with Crippen LogP contribution in [0.2, 0.25) is 0 Å². The van der Waals surface area contributed by atoms with Gasteiger partial charge in [0, 0.05) is 5.38 Å². The molecule has 4 aliphatic rings. The molecule has 3 heteroatoms. The van der Waals surface area contributed by atoms with E-state index in [0.29, 0.717) is 0 Å². The lowest BCUT2D eigenvalue weighted by Crippen LogP contribution is -2.45. The Morgan fingerprint density at radius 1 is 1.11 bits per heavy atom. The standard InChI is InChI=1S/C15H22N2S/c16-15-17-13(8-18-15)1-2-14-11-4-9-3-10(6-11)7-12(14)5-9/h8-12,14H,1-7H2,(H2,16,17). The van der Waals surface area contributed by atoms with Crippen LogP contribution in [-0.2, 0) is 6.42 Å². The maximum absolute atomic E-state index is 5.71. The van der Waals surface area contributed by atoms with Crippen LogP contribution in [0.15, 0.2) is 5.38 Å². The first-order valence-electron chi connectivity index (χ1n) is 7.48. The lowest BCUT2D eigenvalue weighted by Gasteiger charge is -2.54. The minimum Gasteiger partial charge on any atom is -0.375 e. The van der Waals surface area contributed by atoms with E-state index in [-0.39, 0.29) is 0 Å². The molecule has 18 heavy (non-hydrogen) atoms. The molecular formula is C15H22N2S. The maximum Gasteiger partial charge on any atom is 0.180 e. The zero-order valence-corrected chi connectivity index (χ0v) is 11.7. The largest absolute Gasteiger partial charge is 0.375 e. The zero-order chi connectivity index (χ0) is 12.1. The zero-order valence-electron chi connectivity index (χ0n) is 10.8. The number of hydrogen-bond acceptors (Lipinski definition) is 3. The molecule has 0 unspecified atom stereocenters. The predicted octanol–water partition coefficient (Wildman–Crippen LogP) is 3.73. The summed E-state index contributed by atoms with van der Waals surface area (Å²) in [6, 6.07) is 0. The van der Waals surface area contributed by atoms with Gasteiger partial charge < -0.3 is 5.73 Å². The molecule has 0 atom stereocenters.